The number of ether oxygens (including phenoxy) is 1. The van der Waals surface area contributed by atoms with E-state index in [0.717, 1.165) is 11.6 Å². The Kier molecular flexibility index (Phi) is 4.18. The number of nitrogens with zero attached hydrogens (tertiary/aromatic N) is 3. The maximum atomic E-state index is 13.9. The minimum absolute atomic E-state index is 0.273. The molecule has 0 aliphatic rings. The third-order valence-electron chi connectivity index (χ3n) is 2.98. The van der Waals surface area contributed by atoms with Crippen molar-refractivity contribution in [3.8, 4) is 11.6 Å². The second kappa shape index (κ2) is 5.88. The predicted octanol–water partition coefficient (Wildman–Crippen LogP) is 2.29. The minimum Gasteiger partial charge on any atom is -0.429 e. The van der Waals surface area contributed by atoms with Gasteiger partial charge in [-0.3, -0.25) is 10.1 Å². The van der Waals surface area contributed by atoms with Crippen molar-refractivity contribution in [1.29, 1.82) is 0 Å². The number of rotatable bonds is 5. The zero-order valence-corrected chi connectivity index (χ0v) is 11.9. The number of nitro groups is 1. The summed E-state index contributed by atoms with van der Waals surface area (Å²) in [5.41, 5.74) is 1.00. The van der Waals surface area contributed by atoms with Gasteiger partial charge < -0.3 is 10.1 Å². The summed E-state index contributed by atoms with van der Waals surface area (Å²) in [5.74, 6) is -0.934. The Balaban J connectivity index is 2.50. The van der Waals surface area contributed by atoms with Gasteiger partial charge in [-0.05, 0) is 20.0 Å². The summed E-state index contributed by atoms with van der Waals surface area (Å²) in [4.78, 5) is 10.3. The number of nitro benzene ring substituents is 1. The molecule has 2 aromatic rings. The van der Waals surface area contributed by atoms with Crippen molar-refractivity contribution in [2.75, 3.05) is 7.05 Å². The van der Waals surface area contributed by atoms with Crippen LogP contribution < -0.4 is 10.1 Å². The van der Waals surface area contributed by atoms with E-state index in [-0.39, 0.29) is 5.88 Å². The van der Waals surface area contributed by atoms with Crippen LogP contribution in [0.2, 0.25) is 0 Å². The Morgan fingerprint density at radius 2 is 2.24 bits per heavy atom. The van der Waals surface area contributed by atoms with Crippen LogP contribution in [-0.4, -0.2) is 21.8 Å². The van der Waals surface area contributed by atoms with Crippen molar-refractivity contribution in [3.63, 3.8) is 0 Å². The van der Waals surface area contributed by atoms with Crippen LogP contribution >= 0.6 is 0 Å². The standard InChI is InChI=1S/C13H15FN4O3/c1-8-9(7-15-2)13(17(3)16-8)21-12-10(14)5-4-6-11(12)18(19)20/h4-6,15H,7H2,1-3H3. The van der Waals surface area contributed by atoms with Gasteiger partial charge in [0.1, 0.15) is 0 Å². The first-order chi connectivity index (χ1) is 9.95. The Bertz CT molecular complexity index is 684. The molecule has 8 heteroatoms. The summed E-state index contributed by atoms with van der Waals surface area (Å²) in [6.45, 7) is 2.24. The largest absolute Gasteiger partial charge is 0.429 e. The van der Waals surface area contributed by atoms with Gasteiger partial charge in [-0.2, -0.15) is 5.10 Å². The van der Waals surface area contributed by atoms with Crippen molar-refractivity contribution in [3.05, 3.63) is 45.4 Å². The summed E-state index contributed by atoms with van der Waals surface area (Å²) in [6, 6.07) is 3.58. The lowest BCUT2D eigenvalue weighted by molar-refractivity contribution is -0.385. The molecule has 0 bridgehead atoms. The maximum Gasteiger partial charge on any atom is 0.314 e. The Hall–Kier alpha value is -2.48. The molecule has 0 aliphatic heterocycles. The monoisotopic (exact) mass is 294 g/mol. The first-order valence-corrected chi connectivity index (χ1v) is 6.23. The van der Waals surface area contributed by atoms with Crippen LogP contribution in [-0.2, 0) is 13.6 Å². The van der Waals surface area contributed by atoms with Crippen LogP contribution in [0, 0.1) is 22.9 Å². The fourth-order valence-corrected chi connectivity index (χ4v) is 2.03. The molecule has 0 spiro atoms. The molecule has 0 unspecified atom stereocenters. The molecule has 2 rings (SSSR count). The number of benzene rings is 1. The highest BCUT2D eigenvalue weighted by Crippen LogP contribution is 2.35. The molecule has 0 fully saturated rings. The van der Waals surface area contributed by atoms with Gasteiger partial charge in [0, 0.05) is 19.7 Å². The molecule has 1 N–H and O–H groups in total. The normalized spacial score (nSPS) is 10.7. The first-order valence-electron chi connectivity index (χ1n) is 6.23. The fourth-order valence-electron chi connectivity index (χ4n) is 2.03. The lowest BCUT2D eigenvalue weighted by Gasteiger charge is -2.09. The van der Waals surface area contributed by atoms with Crippen molar-refractivity contribution >= 4 is 5.69 Å². The van der Waals surface area contributed by atoms with Crippen LogP contribution in [0.4, 0.5) is 10.1 Å². The molecule has 0 radical (unpaired) electrons. The molecule has 0 saturated carbocycles. The Morgan fingerprint density at radius 3 is 2.86 bits per heavy atom. The molecule has 0 amide bonds. The molecule has 112 valence electrons. The third kappa shape index (κ3) is 2.84. The molecular formula is C13H15FN4O3. The summed E-state index contributed by atoms with van der Waals surface area (Å²) in [7, 11) is 3.38. The SMILES string of the molecule is CNCc1c(C)nn(C)c1Oc1c(F)cccc1[N+](=O)[O-]. The van der Waals surface area contributed by atoms with E-state index in [2.05, 4.69) is 10.4 Å². The Labute approximate surface area is 120 Å². The lowest BCUT2D eigenvalue weighted by atomic mass is 10.2. The van der Waals surface area contributed by atoms with E-state index in [1.165, 1.54) is 16.8 Å². The fraction of sp³-hybridized carbons (Fsp3) is 0.308. The molecule has 21 heavy (non-hydrogen) atoms. The topological polar surface area (TPSA) is 82.2 Å². The van der Waals surface area contributed by atoms with Crippen LogP contribution in [0.1, 0.15) is 11.3 Å². The predicted molar refractivity (Wildman–Crippen MR) is 73.8 cm³/mol. The van der Waals surface area contributed by atoms with Gasteiger partial charge in [-0.1, -0.05) is 6.07 Å². The maximum absolute atomic E-state index is 13.9. The third-order valence-corrected chi connectivity index (χ3v) is 2.98. The van der Waals surface area contributed by atoms with Crippen molar-refractivity contribution in [2.24, 2.45) is 7.05 Å². The lowest BCUT2D eigenvalue weighted by Crippen LogP contribution is -2.08. The zero-order chi connectivity index (χ0) is 15.6. The molecule has 1 aromatic carbocycles. The summed E-state index contributed by atoms with van der Waals surface area (Å²) in [5, 5.41) is 18.1. The van der Waals surface area contributed by atoms with Crippen LogP contribution in [0.3, 0.4) is 0 Å². The molecule has 1 heterocycles. The molecule has 1 aromatic heterocycles. The zero-order valence-electron chi connectivity index (χ0n) is 11.9. The summed E-state index contributed by atoms with van der Waals surface area (Å²) in [6.07, 6.45) is 0. The number of hydrogen-bond acceptors (Lipinski definition) is 5. The van der Waals surface area contributed by atoms with E-state index in [0.29, 0.717) is 12.2 Å². The van der Waals surface area contributed by atoms with E-state index in [9.17, 15) is 14.5 Å². The van der Waals surface area contributed by atoms with Gasteiger partial charge in [0.15, 0.2) is 5.82 Å². The number of aryl methyl sites for hydroxylation is 2. The minimum atomic E-state index is -0.793. The van der Waals surface area contributed by atoms with Gasteiger partial charge in [0.05, 0.1) is 16.2 Å². The first kappa shape index (κ1) is 14.9. The highest BCUT2D eigenvalue weighted by molar-refractivity contribution is 5.49. The van der Waals surface area contributed by atoms with E-state index in [1.807, 2.05) is 0 Å². The Morgan fingerprint density at radius 1 is 1.52 bits per heavy atom. The van der Waals surface area contributed by atoms with Crippen LogP contribution in [0.15, 0.2) is 18.2 Å². The average Bonchev–Trinajstić information content (AvgIpc) is 2.68. The molecular weight excluding hydrogens is 279 g/mol. The van der Waals surface area contributed by atoms with Gasteiger partial charge in [-0.15, -0.1) is 0 Å². The molecule has 0 atom stereocenters. The van der Waals surface area contributed by atoms with Crippen LogP contribution in [0.25, 0.3) is 0 Å². The molecule has 7 nitrogen and oxygen atoms in total. The second-order valence-corrected chi connectivity index (χ2v) is 4.47. The van der Waals surface area contributed by atoms with Gasteiger partial charge in [0.2, 0.25) is 11.6 Å². The quantitative estimate of drug-likeness (QED) is 0.675. The van der Waals surface area contributed by atoms with Crippen LogP contribution in [0.5, 0.6) is 11.6 Å². The smallest absolute Gasteiger partial charge is 0.314 e. The van der Waals surface area contributed by atoms with E-state index >= 15 is 0 Å². The van der Waals surface area contributed by atoms with Crippen molar-refractivity contribution in [1.82, 2.24) is 15.1 Å². The number of para-hydroxylation sites is 1. The highest BCUT2D eigenvalue weighted by atomic mass is 19.1. The molecule has 0 saturated heterocycles. The van der Waals surface area contributed by atoms with Gasteiger partial charge in [-0.25, -0.2) is 9.07 Å². The van der Waals surface area contributed by atoms with Gasteiger partial charge in [0.25, 0.3) is 0 Å². The number of halogens is 1. The van der Waals surface area contributed by atoms with E-state index in [4.69, 9.17) is 4.74 Å². The number of hydrogen-bond donors (Lipinski definition) is 1. The summed E-state index contributed by atoms with van der Waals surface area (Å²) >= 11 is 0. The van der Waals surface area contributed by atoms with Gasteiger partial charge >= 0.3 is 5.69 Å². The van der Waals surface area contributed by atoms with Crippen molar-refractivity contribution < 1.29 is 14.1 Å². The van der Waals surface area contributed by atoms with E-state index < -0.39 is 22.2 Å². The molecule has 0 aliphatic carbocycles. The number of aromatic nitrogens is 2. The number of nitrogens with one attached hydrogen (secondary N) is 1. The summed E-state index contributed by atoms with van der Waals surface area (Å²) < 4.78 is 20.8. The van der Waals surface area contributed by atoms with Crippen molar-refractivity contribution in [2.45, 2.75) is 13.5 Å². The second-order valence-electron chi connectivity index (χ2n) is 4.47. The highest BCUT2D eigenvalue weighted by Gasteiger charge is 2.23. The van der Waals surface area contributed by atoms with E-state index in [1.54, 1.807) is 21.0 Å². The average molecular weight is 294 g/mol.